The van der Waals surface area contributed by atoms with Crippen molar-refractivity contribution < 1.29 is 4.48 Å². The van der Waals surface area contributed by atoms with Crippen molar-refractivity contribution in [2.45, 2.75) is 27.3 Å². The monoisotopic (exact) mass is 432 g/mol. The topological polar surface area (TPSA) is 0 Å². The van der Waals surface area contributed by atoms with Gasteiger partial charge < -0.3 is 4.48 Å². The second kappa shape index (κ2) is 11.7. The highest BCUT2D eigenvalue weighted by molar-refractivity contribution is 8.93. The average molecular weight is 435 g/mol. The van der Waals surface area contributed by atoms with Gasteiger partial charge in [0.05, 0.1) is 19.6 Å². The van der Waals surface area contributed by atoms with E-state index in [1.165, 1.54) is 36.2 Å². The number of quaternary nitrogens is 1. The molecule has 0 N–H and O–H groups in total. The van der Waals surface area contributed by atoms with E-state index in [1.54, 1.807) is 0 Å². The molecule has 0 aliphatic rings. The molecular formula is C13H25Br3N+. The average Bonchev–Trinajstić information content (AvgIpc) is 2.28. The Kier molecular flexibility index (Phi) is 15.7. The fraction of sp³-hybridized carbons (Fsp3) is 0.538. The largest absolute Gasteiger partial charge is 0.321 e. The van der Waals surface area contributed by atoms with Crippen LogP contribution in [0.15, 0.2) is 30.3 Å². The Morgan fingerprint density at radius 2 is 1.18 bits per heavy atom. The molecule has 1 nitrogen and oxygen atoms in total. The van der Waals surface area contributed by atoms with E-state index in [-0.39, 0.29) is 50.9 Å². The lowest BCUT2D eigenvalue weighted by Crippen LogP contribution is -2.46. The first-order chi connectivity index (χ1) is 6.76. The highest BCUT2D eigenvalue weighted by Gasteiger charge is 2.20. The molecule has 1 aromatic rings. The third-order valence-electron chi connectivity index (χ3n) is 3.37. The zero-order chi connectivity index (χ0) is 10.4. The molecule has 0 bridgehead atoms. The van der Waals surface area contributed by atoms with Gasteiger partial charge in [0.25, 0.3) is 0 Å². The Bertz CT molecular complexity index is 252. The van der Waals surface area contributed by atoms with Gasteiger partial charge in [0.2, 0.25) is 0 Å². The summed E-state index contributed by atoms with van der Waals surface area (Å²) in [6.45, 7) is 11.7. The van der Waals surface area contributed by atoms with Crippen LogP contribution in [0.2, 0.25) is 0 Å². The molecule has 0 spiro atoms. The molecule has 0 unspecified atom stereocenters. The third-order valence-corrected chi connectivity index (χ3v) is 3.37. The molecule has 0 amide bonds. The molecule has 0 aliphatic carbocycles. The predicted molar refractivity (Wildman–Crippen MR) is 93.0 cm³/mol. The fourth-order valence-electron chi connectivity index (χ4n) is 1.98. The van der Waals surface area contributed by atoms with Gasteiger partial charge in [-0.2, -0.15) is 0 Å². The zero-order valence-electron chi connectivity index (χ0n) is 10.9. The van der Waals surface area contributed by atoms with Crippen molar-refractivity contribution in [2.24, 2.45) is 0 Å². The first-order valence-corrected chi connectivity index (χ1v) is 5.65. The van der Waals surface area contributed by atoms with Crippen molar-refractivity contribution in [3.05, 3.63) is 35.9 Å². The first kappa shape index (κ1) is 22.8. The standard InChI is InChI=1S/C13H22N.3BrH/c1-4-14(5-2,6-3)12-13-10-8-7-9-11-13;;;/h7-11H,4-6,12H2,1-3H3;3*1H/q+1;;;. The lowest BCUT2D eigenvalue weighted by molar-refractivity contribution is -0.936. The lowest BCUT2D eigenvalue weighted by atomic mass is 10.2. The van der Waals surface area contributed by atoms with Crippen LogP contribution in [0.4, 0.5) is 0 Å². The van der Waals surface area contributed by atoms with E-state index in [2.05, 4.69) is 51.1 Å². The van der Waals surface area contributed by atoms with E-state index in [0.717, 1.165) is 0 Å². The van der Waals surface area contributed by atoms with Crippen LogP contribution >= 0.6 is 50.9 Å². The Morgan fingerprint density at radius 3 is 1.53 bits per heavy atom. The Balaban J connectivity index is -0.000000653. The molecule has 4 heteroatoms. The highest BCUT2D eigenvalue weighted by Crippen LogP contribution is 2.13. The first-order valence-electron chi connectivity index (χ1n) is 5.65. The molecule has 17 heavy (non-hydrogen) atoms. The fourth-order valence-corrected chi connectivity index (χ4v) is 1.98. The number of benzene rings is 1. The number of halogens is 3. The van der Waals surface area contributed by atoms with Gasteiger partial charge >= 0.3 is 0 Å². The maximum Gasteiger partial charge on any atom is 0.104 e. The quantitative estimate of drug-likeness (QED) is 0.584. The number of hydrogen-bond acceptors (Lipinski definition) is 0. The third kappa shape index (κ3) is 6.94. The van der Waals surface area contributed by atoms with Crippen LogP contribution in [-0.2, 0) is 6.54 Å². The predicted octanol–water partition coefficient (Wildman–Crippen LogP) is 4.80. The van der Waals surface area contributed by atoms with Crippen LogP contribution in [0.5, 0.6) is 0 Å². The second-order valence-corrected chi connectivity index (χ2v) is 3.93. The highest BCUT2D eigenvalue weighted by atomic mass is 79.9. The summed E-state index contributed by atoms with van der Waals surface area (Å²) in [5.74, 6) is 0. The van der Waals surface area contributed by atoms with Crippen molar-refractivity contribution in [1.29, 1.82) is 0 Å². The van der Waals surface area contributed by atoms with E-state index < -0.39 is 0 Å². The molecule has 0 atom stereocenters. The van der Waals surface area contributed by atoms with Crippen LogP contribution < -0.4 is 0 Å². The van der Waals surface area contributed by atoms with E-state index in [1.807, 2.05) is 0 Å². The lowest BCUT2D eigenvalue weighted by Gasteiger charge is -2.35. The molecule has 0 aliphatic heterocycles. The van der Waals surface area contributed by atoms with Crippen molar-refractivity contribution in [3.8, 4) is 0 Å². The van der Waals surface area contributed by atoms with Gasteiger partial charge in [0.1, 0.15) is 6.54 Å². The molecule has 1 rings (SSSR count). The maximum absolute atomic E-state index is 2.29. The summed E-state index contributed by atoms with van der Waals surface area (Å²) in [7, 11) is 0. The van der Waals surface area contributed by atoms with Gasteiger partial charge in [-0.15, -0.1) is 50.9 Å². The van der Waals surface area contributed by atoms with Crippen molar-refractivity contribution >= 4 is 50.9 Å². The van der Waals surface area contributed by atoms with Crippen LogP contribution in [0.3, 0.4) is 0 Å². The molecule has 0 saturated heterocycles. The minimum absolute atomic E-state index is 0. The van der Waals surface area contributed by atoms with Gasteiger partial charge in [0.15, 0.2) is 0 Å². The minimum Gasteiger partial charge on any atom is -0.321 e. The van der Waals surface area contributed by atoms with E-state index in [4.69, 9.17) is 0 Å². The number of rotatable bonds is 5. The Labute approximate surface area is 137 Å². The van der Waals surface area contributed by atoms with Gasteiger partial charge in [0, 0.05) is 5.56 Å². The summed E-state index contributed by atoms with van der Waals surface area (Å²) in [4.78, 5) is 0. The molecule has 102 valence electrons. The number of hydrogen-bond donors (Lipinski definition) is 0. The normalized spacial score (nSPS) is 9.59. The molecule has 0 radical (unpaired) electrons. The molecule has 0 saturated carbocycles. The van der Waals surface area contributed by atoms with Gasteiger partial charge in [-0.3, -0.25) is 0 Å². The maximum atomic E-state index is 2.29. The van der Waals surface area contributed by atoms with Gasteiger partial charge in [-0.05, 0) is 20.8 Å². The summed E-state index contributed by atoms with van der Waals surface area (Å²) >= 11 is 0. The summed E-state index contributed by atoms with van der Waals surface area (Å²) in [5.41, 5.74) is 1.46. The summed E-state index contributed by atoms with van der Waals surface area (Å²) < 4.78 is 1.20. The van der Waals surface area contributed by atoms with E-state index in [9.17, 15) is 0 Å². The smallest absolute Gasteiger partial charge is 0.104 e. The van der Waals surface area contributed by atoms with Crippen LogP contribution in [0, 0.1) is 0 Å². The van der Waals surface area contributed by atoms with Crippen molar-refractivity contribution in [1.82, 2.24) is 0 Å². The summed E-state index contributed by atoms with van der Waals surface area (Å²) in [5, 5.41) is 0. The minimum atomic E-state index is 0. The van der Waals surface area contributed by atoms with Gasteiger partial charge in [-0.1, -0.05) is 30.3 Å². The summed E-state index contributed by atoms with van der Waals surface area (Å²) in [6.07, 6.45) is 0. The van der Waals surface area contributed by atoms with E-state index in [0.29, 0.717) is 0 Å². The van der Waals surface area contributed by atoms with E-state index >= 15 is 0 Å². The van der Waals surface area contributed by atoms with Gasteiger partial charge in [-0.25, -0.2) is 0 Å². The van der Waals surface area contributed by atoms with Crippen LogP contribution in [0.25, 0.3) is 0 Å². The Morgan fingerprint density at radius 1 is 0.765 bits per heavy atom. The summed E-state index contributed by atoms with van der Waals surface area (Å²) in [6, 6.07) is 10.8. The SMILES string of the molecule is Br.Br.Br.CC[N+](CC)(CC)Cc1ccccc1. The van der Waals surface area contributed by atoms with Crippen molar-refractivity contribution in [3.63, 3.8) is 0 Å². The number of nitrogens with zero attached hydrogens (tertiary/aromatic N) is 1. The molecule has 0 fully saturated rings. The Hall–Kier alpha value is 0.620. The molecule has 0 aromatic heterocycles. The molecule has 1 aromatic carbocycles. The second-order valence-electron chi connectivity index (χ2n) is 3.93. The molecular weight excluding hydrogens is 410 g/mol. The van der Waals surface area contributed by atoms with Crippen LogP contribution in [-0.4, -0.2) is 24.1 Å². The van der Waals surface area contributed by atoms with Crippen LogP contribution in [0.1, 0.15) is 26.3 Å². The zero-order valence-corrected chi connectivity index (χ0v) is 16.0. The molecule has 0 heterocycles. The van der Waals surface area contributed by atoms with Crippen molar-refractivity contribution in [2.75, 3.05) is 19.6 Å².